The van der Waals surface area contributed by atoms with E-state index < -0.39 is 0 Å². The summed E-state index contributed by atoms with van der Waals surface area (Å²) in [6.07, 6.45) is 1.45. The lowest BCUT2D eigenvalue weighted by molar-refractivity contribution is 0.156. The molecule has 0 aliphatic heterocycles. The standard InChI is InChI=1S/C19H25NO3/c1-2-17(11-16(20)13-21)23-19-10-6-9-18(12-19)22-14-15-7-4-3-5-8-15/h3-10,12,16-17,21H,2,11,13-14,20H2,1H3. The summed E-state index contributed by atoms with van der Waals surface area (Å²) < 4.78 is 11.8. The van der Waals surface area contributed by atoms with E-state index in [-0.39, 0.29) is 18.8 Å². The molecule has 0 radical (unpaired) electrons. The SMILES string of the molecule is CCC(CC(N)CO)Oc1cccc(OCc2ccccc2)c1. The summed E-state index contributed by atoms with van der Waals surface area (Å²) in [4.78, 5) is 0. The Bertz CT molecular complexity index is 574. The van der Waals surface area contributed by atoms with Gasteiger partial charge < -0.3 is 20.3 Å². The van der Waals surface area contributed by atoms with Crippen molar-refractivity contribution in [2.45, 2.75) is 38.5 Å². The van der Waals surface area contributed by atoms with Crippen LogP contribution in [0.25, 0.3) is 0 Å². The Morgan fingerprint density at radius 2 is 1.78 bits per heavy atom. The maximum Gasteiger partial charge on any atom is 0.123 e. The zero-order valence-corrected chi connectivity index (χ0v) is 13.5. The smallest absolute Gasteiger partial charge is 0.123 e. The Morgan fingerprint density at radius 1 is 1.04 bits per heavy atom. The van der Waals surface area contributed by atoms with E-state index in [2.05, 4.69) is 0 Å². The fraction of sp³-hybridized carbons (Fsp3) is 0.368. The van der Waals surface area contributed by atoms with Crippen LogP contribution in [-0.4, -0.2) is 23.9 Å². The van der Waals surface area contributed by atoms with E-state index in [1.165, 1.54) is 0 Å². The monoisotopic (exact) mass is 315 g/mol. The first-order chi connectivity index (χ1) is 11.2. The average molecular weight is 315 g/mol. The molecule has 0 fully saturated rings. The quantitative estimate of drug-likeness (QED) is 0.746. The molecule has 4 heteroatoms. The maximum atomic E-state index is 9.07. The van der Waals surface area contributed by atoms with Crippen molar-refractivity contribution in [1.82, 2.24) is 0 Å². The van der Waals surface area contributed by atoms with Gasteiger partial charge in [-0.1, -0.05) is 43.3 Å². The first kappa shape index (κ1) is 17.3. The van der Waals surface area contributed by atoms with Gasteiger partial charge in [-0.3, -0.25) is 0 Å². The van der Waals surface area contributed by atoms with Crippen molar-refractivity contribution in [1.29, 1.82) is 0 Å². The van der Waals surface area contributed by atoms with Gasteiger partial charge in [-0.15, -0.1) is 0 Å². The van der Waals surface area contributed by atoms with Crippen LogP contribution >= 0.6 is 0 Å². The van der Waals surface area contributed by atoms with Crippen molar-refractivity contribution in [3.63, 3.8) is 0 Å². The van der Waals surface area contributed by atoms with E-state index in [4.69, 9.17) is 20.3 Å². The molecule has 0 heterocycles. The molecule has 0 aliphatic rings. The summed E-state index contributed by atoms with van der Waals surface area (Å²) in [7, 11) is 0. The molecule has 2 unspecified atom stereocenters. The highest BCUT2D eigenvalue weighted by molar-refractivity contribution is 5.33. The van der Waals surface area contributed by atoms with Crippen LogP contribution in [0.1, 0.15) is 25.3 Å². The summed E-state index contributed by atoms with van der Waals surface area (Å²) in [5.74, 6) is 1.53. The van der Waals surface area contributed by atoms with Gasteiger partial charge in [0.1, 0.15) is 24.2 Å². The second kappa shape index (κ2) is 9.18. The van der Waals surface area contributed by atoms with Gasteiger partial charge in [0.05, 0.1) is 6.61 Å². The van der Waals surface area contributed by atoms with E-state index in [0.717, 1.165) is 23.5 Å². The fourth-order valence-corrected chi connectivity index (χ4v) is 2.28. The van der Waals surface area contributed by atoms with Crippen molar-refractivity contribution in [3.05, 3.63) is 60.2 Å². The first-order valence-corrected chi connectivity index (χ1v) is 8.01. The number of benzene rings is 2. The van der Waals surface area contributed by atoms with Gasteiger partial charge in [0.25, 0.3) is 0 Å². The van der Waals surface area contributed by atoms with Crippen LogP contribution in [0.2, 0.25) is 0 Å². The first-order valence-electron chi connectivity index (χ1n) is 8.01. The Morgan fingerprint density at radius 3 is 2.48 bits per heavy atom. The van der Waals surface area contributed by atoms with Crippen LogP contribution in [0.4, 0.5) is 0 Å². The molecular weight excluding hydrogens is 290 g/mol. The van der Waals surface area contributed by atoms with Gasteiger partial charge in [-0.25, -0.2) is 0 Å². The minimum atomic E-state index is -0.252. The molecule has 23 heavy (non-hydrogen) atoms. The molecule has 0 aliphatic carbocycles. The summed E-state index contributed by atoms with van der Waals surface area (Å²) in [6.45, 7) is 2.54. The highest BCUT2D eigenvalue weighted by atomic mass is 16.5. The molecule has 3 N–H and O–H groups in total. The van der Waals surface area contributed by atoms with Crippen LogP contribution in [0.15, 0.2) is 54.6 Å². The summed E-state index contributed by atoms with van der Waals surface area (Å²) in [6, 6.07) is 17.4. The lowest BCUT2D eigenvalue weighted by Crippen LogP contribution is -2.31. The molecule has 0 aromatic heterocycles. The van der Waals surface area contributed by atoms with Gasteiger partial charge >= 0.3 is 0 Å². The zero-order valence-electron chi connectivity index (χ0n) is 13.5. The number of hydrogen-bond acceptors (Lipinski definition) is 4. The van der Waals surface area contributed by atoms with E-state index >= 15 is 0 Å². The van der Waals surface area contributed by atoms with Crippen LogP contribution < -0.4 is 15.2 Å². The average Bonchev–Trinajstić information content (AvgIpc) is 2.60. The largest absolute Gasteiger partial charge is 0.490 e. The summed E-state index contributed by atoms with van der Waals surface area (Å²) >= 11 is 0. The highest BCUT2D eigenvalue weighted by Gasteiger charge is 2.13. The molecule has 2 atom stereocenters. The number of ether oxygens (including phenoxy) is 2. The van der Waals surface area contributed by atoms with Crippen molar-refractivity contribution in [2.75, 3.05) is 6.61 Å². The number of hydrogen-bond donors (Lipinski definition) is 2. The molecule has 0 bridgehead atoms. The predicted octanol–water partition coefficient (Wildman–Crippen LogP) is 3.13. The van der Waals surface area contributed by atoms with Crippen LogP contribution in [0.5, 0.6) is 11.5 Å². The number of aliphatic hydroxyl groups excluding tert-OH is 1. The van der Waals surface area contributed by atoms with Gasteiger partial charge in [0.2, 0.25) is 0 Å². The highest BCUT2D eigenvalue weighted by Crippen LogP contribution is 2.23. The number of aliphatic hydroxyl groups is 1. The topological polar surface area (TPSA) is 64.7 Å². The van der Waals surface area contributed by atoms with E-state index in [0.29, 0.717) is 13.0 Å². The van der Waals surface area contributed by atoms with Crippen molar-refractivity contribution < 1.29 is 14.6 Å². The van der Waals surface area contributed by atoms with E-state index in [9.17, 15) is 0 Å². The molecule has 124 valence electrons. The number of rotatable bonds is 9. The van der Waals surface area contributed by atoms with Crippen LogP contribution in [-0.2, 0) is 6.61 Å². The molecule has 0 saturated carbocycles. The summed E-state index contributed by atoms with van der Waals surface area (Å²) in [5.41, 5.74) is 6.91. The van der Waals surface area contributed by atoms with Gasteiger partial charge in [0.15, 0.2) is 0 Å². The molecule has 2 rings (SSSR count). The number of nitrogens with two attached hydrogens (primary N) is 1. The molecule has 0 saturated heterocycles. The van der Waals surface area contributed by atoms with E-state index in [1.807, 2.05) is 61.5 Å². The third kappa shape index (κ3) is 5.93. The lowest BCUT2D eigenvalue weighted by atomic mass is 10.1. The Hall–Kier alpha value is -2.04. The summed E-state index contributed by atoms with van der Waals surface area (Å²) in [5, 5.41) is 9.07. The van der Waals surface area contributed by atoms with Crippen LogP contribution in [0, 0.1) is 0 Å². The third-order valence-electron chi connectivity index (χ3n) is 3.61. The van der Waals surface area contributed by atoms with Crippen molar-refractivity contribution in [3.8, 4) is 11.5 Å². The Labute approximate surface area is 137 Å². The Balaban J connectivity index is 1.93. The van der Waals surface area contributed by atoms with E-state index in [1.54, 1.807) is 0 Å². The Kier molecular flexibility index (Phi) is 6.91. The normalized spacial score (nSPS) is 13.3. The van der Waals surface area contributed by atoms with Crippen molar-refractivity contribution in [2.24, 2.45) is 5.73 Å². The minimum absolute atomic E-state index is 0.0125. The molecule has 0 spiro atoms. The molecule has 2 aromatic rings. The molecule has 0 amide bonds. The molecule has 4 nitrogen and oxygen atoms in total. The minimum Gasteiger partial charge on any atom is -0.490 e. The zero-order chi connectivity index (χ0) is 16.5. The predicted molar refractivity (Wildman–Crippen MR) is 91.6 cm³/mol. The maximum absolute atomic E-state index is 9.07. The lowest BCUT2D eigenvalue weighted by Gasteiger charge is -2.20. The second-order valence-corrected chi connectivity index (χ2v) is 5.58. The molecular formula is C19H25NO3. The van der Waals surface area contributed by atoms with Gasteiger partial charge in [-0.05, 0) is 24.1 Å². The van der Waals surface area contributed by atoms with Crippen molar-refractivity contribution >= 4 is 0 Å². The second-order valence-electron chi connectivity index (χ2n) is 5.58. The fourth-order valence-electron chi connectivity index (χ4n) is 2.28. The van der Waals surface area contributed by atoms with Gasteiger partial charge in [0, 0.05) is 18.5 Å². The van der Waals surface area contributed by atoms with Gasteiger partial charge in [-0.2, -0.15) is 0 Å². The third-order valence-corrected chi connectivity index (χ3v) is 3.61. The molecule has 2 aromatic carbocycles. The van der Waals surface area contributed by atoms with Crippen LogP contribution in [0.3, 0.4) is 0 Å².